The number of nitrogens with zero attached hydrogens (tertiary/aromatic N) is 1. The minimum Gasteiger partial charge on any atom is -0.364 e. The number of carbonyl (C=O) groups excluding carboxylic acids is 1. The van der Waals surface area contributed by atoms with E-state index in [4.69, 9.17) is 0 Å². The van der Waals surface area contributed by atoms with E-state index < -0.39 is 0 Å². The van der Waals surface area contributed by atoms with Crippen LogP contribution in [0.4, 0.5) is 0 Å². The molecule has 0 atom stereocenters. The molecule has 116 valence electrons. The summed E-state index contributed by atoms with van der Waals surface area (Å²) in [5.74, 6) is -0.289. The Bertz CT molecular complexity index is 557. The van der Waals surface area contributed by atoms with Crippen LogP contribution < -0.4 is 10.7 Å². The van der Waals surface area contributed by atoms with Crippen LogP contribution in [0.5, 0.6) is 0 Å². The Morgan fingerprint density at radius 3 is 2.57 bits per heavy atom. The largest absolute Gasteiger partial charge is 0.364 e. The van der Waals surface area contributed by atoms with Crippen molar-refractivity contribution in [2.24, 2.45) is 0 Å². The second kappa shape index (κ2) is 6.43. The molecule has 0 bridgehead atoms. The average Bonchev–Trinajstić information content (AvgIpc) is 2.45. The van der Waals surface area contributed by atoms with E-state index in [1.165, 1.54) is 31.5 Å². The van der Waals surface area contributed by atoms with Crippen LogP contribution in [-0.4, -0.2) is 42.0 Å². The SMILES string of the molecule is Cc1cc(=O)c(C(=O)NCC2(N(C)C)CCCCC2)c[nH]1. The van der Waals surface area contributed by atoms with Gasteiger partial charge >= 0.3 is 0 Å². The fourth-order valence-corrected chi connectivity index (χ4v) is 3.08. The van der Waals surface area contributed by atoms with Gasteiger partial charge in [0.15, 0.2) is 5.43 Å². The van der Waals surface area contributed by atoms with E-state index in [0.29, 0.717) is 6.54 Å². The van der Waals surface area contributed by atoms with Crippen molar-refractivity contribution in [3.05, 3.63) is 33.7 Å². The van der Waals surface area contributed by atoms with Crippen molar-refractivity contribution >= 4 is 5.91 Å². The number of likely N-dealkylation sites (N-methyl/N-ethyl adjacent to an activating group) is 1. The predicted molar refractivity (Wildman–Crippen MR) is 83.6 cm³/mol. The number of aromatic amines is 1. The van der Waals surface area contributed by atoms with Crippen molar-refractivity contribution < 1.29 is 4.79 Å². The first-order valence-electron chi connectivity index (χ1n) is 7.60. The molecule has 5 nitrogen and oxygen atoms in total. The van der Waals surface area contributed by atoms with Gasteiger partial charge < -0.3 is 15.2 Å². The van der Waals surface area contributed by atoms with Crippen LogP contribution in [0.15, 0.2) is 17.1 Å². The van der Waals surface area contributed by atoms with Crippen LogP contribution >= 0.6 is 0 Å². The second-order valence-corrected chi connectivity index (χ2v) is 6.26. The normalized spacial score (nSPS) is 17.7. The summed E-state index contributed by atoms with van der Waals surface area (Å²) in [4.78, 5) is 29.2. The highest BCUT2D eigenvalue weighted by Gasteiger charge is 2.34. The van der Waals surface area contributed by atoms with Crippen molar-refractivity contribution in [1.82, 2.24) is 15.2 Å². The van der Waals surface area contributed by atoms with Gasteiger partial charge in [-0.2, -0.15) is 0 Å². The van der Waals surface area contributed by atoms with Gasteiger partial charge in [-0.05, 0) is 33.9 Å². The predicted octanol–water partition coefficient (Wildman–Crippen LogP) is 1.68. The number of hydrogen-bond donors (Lipinski definition) is 2. The van der Waals surface area contributed by atoms with Gasteiger partial charge in [-0.1, -0.05) is 19.3 Å². The molecule has 2 N–H and O–H groups in total. The van der Waals surface area contributed by atoms with Gasteiger partial charge in [0, 0.05) is 30.0 Å². The highest BCUT2D eigenvalue weighted by Crippen LogP contribution is 2.31. The molecule has 1 amide bonds. The number of nitrogens with one attached hydrogen (secondary N) is 2. The fourth-order valence-electron chi connectivity index (χ4n) is 3.08. The summed E-state index contributed by atoms with van der Waals surface area (Å²) in [6.45, 7) is 2.39. The molecular formula is C16H25N3O2. The zero-order valence-electron chi connectivity index (χ0n) is 13.2. The molecule has 2 rings (SSSR count). The standard InChI is InChI=1S/C16H25N3O2/c1-12-9-14(20)13(10-17-12)15(21)18-11-16(19(2)3)7-5-4-6-8-16/h9-10H,4-8,11H2,1-3H3,(H,17,20)(H,18,21). The van der Waals surface area contributed by atoms with Gasteiger partial charge in [0.05, 0.1) is 0 Å². The van der Waals surface area contributed by atoms with Crippen molar-refractivity contribution in [2.45, 2.75) is 44.6 Å². The second-order valence-electron chi connectivity index (χ2n) is 6.26. The number of pyridine rings is 1. The van der Waals surface area contributed by atoms with Crippen LogP contribution in [0.25, 0.3) is 0 Å². The number of aryl methyl sites for hydroxylation is 1. The first kappa shape index (κ1) is 15.8. The van der Waals surface area contributed by atoms with Gasteiger partial charge in [-0.25, -0.2) is 0 Å². The lowest BCUT2D eigenvalue weighted by atomic mass is 9.80. The quantitative estimate of drug-likeness (QED) is 0.887. The van der Waals surface area contributed by atoms with Gasteiger partial charge in [-0.15, -0.1) is 0 Å². The monoisotopic (exact) mass is 291 g/mol. The van der Waals surface area contributed by atoms with E-state index in [2.05, 4.69) is 29.3 Å². The summed E-state index contributed by atoms with van der Waals surface area (Å²) in [6, 6.07) is 1.46. The highest BCUT2D eigenvalue weighted by atomic mass is 16.2. The van der Waals surface area contributed by atoms with Crippen molar-refractivity contribution in [1.29, 1.82) is 0 Å². The van der Waals surface area contributed by atoms with Gasteiger partial charge in [0.1, 0.15) is 5.56 Å². The van der Waals surface area contributed by atoms with E-state index in [1.807, 2.05) is 0 Å². The number of rotatable bonds is 4. The smallest absolute Gasteiger partial charge is 0.256 e. The summed E-state index contributed by atoms with van der Waals surface area (Å²) in [5.41, 5.74) is 0.732. The number of H-pyrrole nitrogens is 1. The molecule has 0 saturated heterocycles. The Labute approximate surface area is 125 Å². The maximum Gasteiger partial charge on any atom is 0.256 e. The fraction of sp³-hybridized carbons (Fsp3) is 0.625. The third-order valence-electron chi connectivity index (χ3n) is 4.61. The third kappa shape index (κ3) is 3.53. The van der Waals surface area contributed by atoms with Crippen LogP contribution in [0.1, 0.15) is 48.2 Å². The van der Waals surface area contributed by atoms with Crippen molar-refractivity contribution in [3.63, 3.8) is 0 Å². The Kier molecular flexibility index (Phi) is 4.83. The lowest BCUT2D eigenvalue weighted by Gasteiger charge is -2.43. The first-order valence-corrected chi connectivity index (χ1v) is 7.60. The first-order chi connectivity index (χ1) is 9.94. The van der Waals surface area contributed by atoms with E-state index in [-0.39, 0.29) is 22.4 Å². The number of amides is 1. The molecule has 1 aromatic heterocycles. The minimum absolute atomic E-state index is 0.0192. The Morgan fingerprint density at radius 1 is 1.33 bits per heavy atom. The molecule has 21 heavy (non-hydrogen) atoms. The summed E-state index contributed by atoms with van der Waals surface area (Å²) >= 11 is 0. The molecule has 1 aliphatic rings. The molecule has 1 heterocycles. The summed E-state index contributed by atoms with van der Waals surface area (Å²) < 4.78 is 0. The van der Waals surface area contributed by atoms with E-state index in [0.717, 1.165) is 18.5 Å². The summed E-state index contributed by atoms with van der Waals surface area (Å²) in [6.07, 6.45) is 7.32. The van der Waals surface area contributed by atoms with Gasteiger partial charge in [0.2, 0.25) is 0 Å². The van der Waals surface area contributed by atoms with Gasteiger partial charge in [-0.3, -0.25) is 9.59 Å². The van der Waals surface area contributed by atoms with Crippen LogP contribution in [0.2, 0.25) is 0 Å². The number of aromatic nitrogens is 1. The molecule has 5 heteroatoms. The zero-order valence-corrected chi connectivity index (χ0v) is 13.2. The number of carbonyl (C=O) groups is 1. The highest BCUT2D eigenvalue weighted by molar-refractivity contribution is 5.93. The molecule has 1 aromatic rings. The Hall–Kier alpha value is -1.62. The molecule has 1 fully saturated rings. The van der Waals surface area contributed by atoms with E-state index in [1.54, 1.807) is 6.92 Å². The molecule has 1 saturated carbocycles. The van der Waals surface area contributed by atoms with Crippen molar-refractivity contribution in [2.75, 3.05) is 20.6 Å². The molecule has 0 radical (unpaired) electrons. The average molecular weight is 291 g/mol. The molecule has 0 spiro atoms. The lowest BCUT2D eigenvalue weighted by molar-refractivity contribution is 0.0798. The molecular weight excluding hydrogens is 266 g/mol. The maximum absolute atomic E-state index is 12.2. The molecule has 0 unspecified atom stereocenters. The molecule has 0 aliphatic heterocycles. The van der Waals surface area contributed by atoms with Gasteiger partial charge in [0.25, 0.3) is 5.91 Å². The van der Waals surface area contributed by atoms with E-state index >= 15 is 0 Å². The zero-order chi connectivity index (χ0) is 15.5. The van der Waals surface area contributed by atoms with Crippen LogP contribution in [0.3, 0.4) is 0 Å². The summed E-state index contributed by atoms with van der Waals surface area (Å²) in [7, 11) is 4.13. The Balaban J connectivity index is 2.07. The molecule has 0 aromatic carbocycles. The molecule has 1 aliphatic carbocycles. The summed E-state index contributed by atoms with van der Waals surface area (Å²) in [5, 5.41) is 2.95. The lowest BCUT2D eigenvalue weighted by Crippen LogP contribution is -2.54. The topological polar surface area (TPSA) is 65.2 Å². The van der Waals surface area contributed by atoms with E-state index in [9.17, 15) is 9.59 Å². The van der Waals surface area contributed by atoms with Crippen LogP contribution in [-0.2, 0) is 0 Å². The van der Waals surface area contributed by atoms with Crippen molar-refractivity contribution in [3.8, 4) is 0 Å². The maximum atomic E-state index is 12.2. The Morgan fingerprint density at radius 2 is 2.00 bits per heavy atom. The van der Waals surface area contributed by atoms with Crippen LogP contribution in [0, 0.1) is 6.92 Å². The minimum atomic E-state index is -0.289. The number of hydrogen-bond acceptors (Lipinski definition) is 3. The third-order valence-corrected chi connectivity index (χ3v) is 4.61.